The minimum Gasteiger partial charge on any atom is -0.423 e. The minimum atomic E-state index is 0.376. The number of oxazole rings is 1. The second-order valence-corrected chi connectivity index (χ2v) is 5.55. The van der Waals surface area contributed by atoms with Gasteiger partial charge in [-0.25, -0.2) is 0 Å². The Morgan fingerprint density at radius 2 is 2.19 bits per heavy atom. The van der Waals surface area contributed by atoms with Crippen molar-refractivity contribution in [2.24, 2.45) is 7.05 Å². The summed E-state index contributed by atoms with van der Waals surface area (Å²) >= 11 is 0. The number of para-hydroxylation sites is 2. The van der Waals surface area contributed by atoms with E-state index >= 15 is 0 Å². The number of fused-ring (bicyclic) bond motifs is 1. The number of benzene rings is 1. The van der Waals surface area contributed by atoms with E-state index in [0.29, 0.717) is 11.9 Å². The first-order chi connectivity index (χ1) is 10.3. The van der Waals surface area contributed by atoms with Gasteiger partial charge in [-0.15, -0.1) is 10.2 Å². The Balaban J connectivity index is 1.62. The molecule has 1 aromatic carbocycles. The average molecular weight is 283 g/mol. The van der Waals surface area contributed by atoms with Crippen molar-refractivity contribution in [1.82, 2.24) is 19.7 Å². The summed E-state index contributed by atoms with van der Waals surface area (Å²) in [5, 5.41) is 8.23. The van der Waals surface area contributed by atoms with Crippen LogP contribution in [0.4, 0.5) is 6.01 Å². The zero-order valence-corrected chi connectivity index (χ0v) is 11.9. The Kier molecular flexibility index (Phi) is 2.87. The molecule has 0 N–H and O–H groups in total. The summed E-state index contributed by atoms with van der Waals surface area (Å²) < 4.78 is 7.88. The standard InChI is InChI=1S/C15H17N5O/c1-19-10-16-18-14(19)11-5-4-8-20(9-11)15-17-12-6-2-3-7-13(12)21-15/h2-3,6-7,10-11H,4-5,8-9H2,1H3/t11-/m0/s1. The molecule has 0 saturated carbocycles. The topological polar surface area (TPSA) is 60.0 Å². The molecule has 0 aliphatic carbocycles. The highest BCUT2D eigenvalue weighted by molar-refractivity contribution is 5.74. The average Bonchev–Trinajstić information content (AvgIpc) is 3.13. The number of rotatable bonds is 2. The van der Waals surface area contributed by atoms with Crippen LogP contribution in [-0.4, -0.2) is 32.8 Å². The SMILES string of the molecule is Cn1cnnc1[C@H]1CCCN(c2nc3ccccc3o2)C1. The molecule has 3 aromatic rings. The maximum absolute atomic E-state index is 5.88. The molecule has 0 amide bonds. The summed E-state index contributed by atoms with van der Waals surface area (Å²) in [7, 11) is 1.99. The third-order valence-electron chi connectivity index (χ3n) is 4.09. The van der Waals surface area contributed by atoms with Crippen molar-refractivity contribution in [3.63, 3.8) is 0 Å². The van der Waals surface area contributed by atoms with Gasteiger partial charge in [-0.1, -0.05) is 12.1 Å². The summed E-state index contributed by atoms with van der Waals surface area (Å²) in [5.74, 6) is 1.41. The molecule has 6 nitrogen and oxygen atoms in total. The highest BCUT2D eigenvalue weighted by Gasteiger charge is 2.27. The second-order valence-electron chi connectivity index (χ2n) is 5.55. The Morgan fingerprint density at radius 3 is 3.00 bits per heavy atom. The Morgan fingerprint density at radius 1 is 1.29 bits per heavy atom. The first-order valence-corrected chi connectivity index (χ1v) is 7.25. The molecular formula is C15H17N5O. The first-order valence-electron chi connectivity index (χ1n) is 7.25. The van der Waals surface area contributed by atoms with Crippen LogP contribution in [0, 0.1) is 0 Å². The summed E-state index contributed by atoms with van der Waals surface area (Å²) in [6.45, 7) is 1.85. The van der Waals surface area contributed by atoms with E-state index in [0.717, 1.165) is 42.9 Å². The minimum absolute atomic E-state index is 0.376. The van der Waals surface area contributed by atoms with Gasteiger partial charge in [-0.05, 0) is 25.0 Å². The predicted molar refractivity (Wildman–Crippen MR) is 79.2 cm³/mol. The zero-order chi connectivity index (χ0) is 14.2. The number of hydrogen-bond acceptors (Lipinski definition) is 5. The molecule has 0 radical (unpaired) electrons. The normalized spacial score (nSPS) is 19.3. The molecule has 1 atom stereocenters. The summed E-state index contributed by atoms with van der Waals surface area (Å²) in [5.41, 5.74) is 1.75. The molecular weight excluding hydrogens is 266 g/mol. The fraction of sp³-hybridized carbons (Fsp3) is 0.400. The van der Waals surface area contributed by atoms with Gasteiger partial charge in [-0.3, -0.25) is 0 Å². The lowest BCUT2D eigenvalue weighted by atomic mass is 9.97. The molecule has 0 unspecified atom stereocenters. The van der Waals surface area contributed by atoms with Crippen molar-refractivity contribution >= 4 is 17.1 Å². The van der Waals surface area contributed by atoms with E-state index in [1.807, 2.05) is 35.9 Å². The molecule has 4 rings (SSSR count). The van der Waals surface area contributed by atoms with Gasteiger partial charge in [0, 0.05) is 26.1 Å². The third kappa shape index (κ3) is 2.16. The lowest BCUT2D eigenvalue weighted by Crippen LogP contribution is -2.35. The molecule has 1 aliphatic rings. The monoisotopic (exact) mass is 283 g/mol. The maximum atomic E-state index is 5.88. The molecule has 3 heterocycles. The second kappa shape index (κ2) is 4.87. The van der Waals surface area contributed by atoms with Crippen LogP contribution < -0.4 is 4.90 Å². The molecule has 21 heavy (non-hydrogen) atoms. The summed E-state index contributed by atoms with van der Waals surface area (Å²) in [6, 6.07) is 8.59. The number of aromatic nitrogens is 4. The predicted octanol–water partition coefficient (Wildman–Crippen LogP) is 2.34. The van der Waals surface area contributed by atoms with Crippen LogP contribution in [0.15, 0.2) is 35.0 Å². The van der Waals surface area contributed by atoms with E-state index in [2.05, 4.69) is 20.1 Å². The van der Waals surface area contributed by atoms with Gasteiger partial charge >= 0.3 is 0 Å². The van der Waals surface area contributed by atoms with E-state index in [4.69, 9.17) is 4.42 Å². The van der Waals surface area contributed by atoms with Gasteiger partial charge in [0.25, 0.3) is 6.01 Å². The van der Waals surface area contributed by atoms with Crippen LogP contribution in [-0.2, 0) is 7.05 Å². The van der Waals surface area contributed by atoms with E-state index in [1.165, 1.54) is 0 Å². The highest BCUT2D eigenvalue weighted by Crippen LogP contribution is 2.30. The van der Waals surface area contributed by atoms with Crippen molar-refractivity contribution in [2.45, 2.75) is 18.8 Å². The summed E-state index contributed by atoms with van der Waals surface area (Å²) in [4.78, 5) is 6.80. The van der Waals surface area contributed by atoms with Crippen LogP contribution in [0.1, 0.15) is 24.6 Å². The smallest absolute Gasteiger partial charge is 0.298 e. The molecule has 1 saturated heterocycles. The number of anilines is 1. The molecule has 1 aliphatic heterocycles. The molecule has 108 valence electrons. The van der Waals surface area contributed by atoms with Crippen LogP contribution >= 0.6 is 0 Å². The van der Waals surface area contributed by atoms with Crippen molar-refractivity contribution in [3.8, 4) is 0 Å². The van der Waals surface area contributed by atoms with Crippen molar-refractivity contribution in [2.75, 3.05) is 18.0 Å². The van der Waals surface area contributed by atoms with Crippen molar-refractivity contribution in [3.05, 3.63) is 36.4 Å². The third-order valence-corrected chi connectivity index (χ3v) is 4.09. The van der Waals surface area contributed by atoms with E-state index < -0.39 is 0 Å². The molecule has 1 fully saturated rings. The largest absolute Gasteiger partial charge is 0.423 e. The maximum Gasteiger partial charge on any atom is 0.298 e. The van der Waals surface area contributed by atoms with Crippen LogP contribution in [0.3, 0.4) is 0 Å². The lowest BCUT2D eigenvalue weighted by molar-refractivity contribution is 0.449. The van der Waals surface area contributed by atoms with E-state index in [-0.39, 0.29) is 0 Å². The fourth-order valence-corrected chi connectivity index (χ4v) is 3.02. The number of hydrogen-bond donors (Lipinski definition) is 0. The van der Waals surface area contributed by atoms with Gasteiger partial charge in [-0.2, -0.15) is 4.98 Å². The quantitative estimate of drug-likeness (QED) is 0.722. The van der Waals surface area contributed by atoms with Crippen molar-refractivity contribution in [1.29, 1.82) is 0 Å². The Bertz CT molecular complexity index is 729. The molecule has 6 heteroatoms. The van der Waals surface area contributed by atoms with Gasteiger partial charge < -0.3 is 13.9 Å². The molecule has 0 spiro atoms. The Hall–Kier alpha value is -2.37. The van der Waals surface area contributed by atoms with Crippen LogP contribution in [0.2, 0.25) is 0 Å². The molecule has 2 aromatic heterocycles. The summed E-state index contributed by atoms with van der Waals surface area (Å²) in [6.07, 6.45) is 3.99. The zero-order valence-electron chi connectivity index (χ0n) is 11.9. The number of nitrogens with zero attached hydrogens (tertiary/aromatic N) is 5. The molecule has 0 bridgehead atoms. The number of aryl methyl sites for hydroxylation is 1. The fourth-order valence-electron chi connectivity index (χ4n) is 3.02. The van der Waals surface area contributed by atoms with Crippen LogP contribution in [0.5, 0.6) is 0 Å². The highest BCUT2D eigenvalue weighted by atomic mass is 16.4. The van der Waals surface area contributed by atoms with Gasteiger partial charge in [0.15, 0.2) is 5.58 Å². The lowest BCUT2D eigenvalue weighted by Gasteiger charge is -2.30. The number of piperidine rings is 1. The van der Waals surface area contributed by atoms with Gasteiger partial charge in [0.05, 0.1) is 0 Å². The Labute approximate surface area is 122 Å². The van der Waals surface area contributed by atoms with Crippen molar-refractivity contribution < 1.29 is 4.42 Å². The van der Waals surface area contributed by atoms with Crippen LogP contribution in [0.25, 0.3) is 11.1 Å². The van der Waals surface area contributed by atoms with E-state index in [9.17, 15) is 0 Å². The van der Waals surface area contributed by atoms with Gasteiger partial charge in [0.1, 0.15) is 17.7 Å². The van der Waals surface area contributed by atoms with E-state index in [1.54, 1.807) is 6.33 Å². The van der Waals surface area contributed by atoms with Gasteiger partial charge in [0.2, 0.25) is 0 Å². The first kappa shape index (κ1) is 12.4.